The number of halogens is 1. The molecular formula is C10H16ClNO. The van der Waals surface area contributed by atoms with E-state index in [-0.39, 0.29) is 0 Å². The minimum atomic E-state index is 0.474. The molecule has 2 aliphatic heterocycles. The predicted molar refractivity (Wildman–Crippen MR) is 54.2 cm³/mol. The fourth-order valence-corrected chi connectivity index (χ4v) is 2.27. The van der Waals surface area contributed by atoms with Crippen molar-refractivity contribution in [1.82, 2.24) is 4.90 Å². The van der Waals surface area contributed by atoms with E-state index < -0.39 is 0 Å². The monoisotopic (exact) mass is 201 g/mol. The molecule has 2 rings (SSSR count). The van der Waals surface area contributed by atoms with Crippen molar-refractivity contribution in [3.8, 4) is 0 Å². The first kappa shape index (κ1) is 9.50. The van der Waals surface area contributed by atoms with Gasteiger partial charge in [0.2, 0.25) is 0 Å². The number of alkyl halides is 1. The number of hydrogen-bond donors (Lipinski definition) is 0. The van der Waals surface area contributed by atoms with Gasteiger partial charge >= 0.3 is 0 Å². The third-order valence-electron chi connectivity index (χ3n) is 2.76. The lowest BCUT2D eigenvalue weighted by molar-refractivity contribution is -0.0350. The molecule has 13 heavy (non-hydrogen) atoms. The van der Waals surface area contributed by atoms with Crippen molar-refractivity contribution in [3.05, 3.63) is 12.2 Å². The van der Waals surface area contributed by atoms with E-state index in [1.54, 1.807) is 0 Å². The highest BCUT2D eigenvalue weighted by Gasteiger charge is 2.33. The summed E-state index contributed by atoms with van der Waals surface area (Å²) in [4.78, 5) is 2.41. The van der Waals surface area contributed by atoms with Crippen molar-refractivity contribution in [3.63, 3.8) is 0 Å². The Morgan fingerprint density at radius 2 is 2.00 bits per heavy atom. The largest absolute Gasteiger partial charge is 0.372 e. The molecule has 2 unspecified atom stereocenters. The summed E-state index contributed by atoms with van der Waals surface area (Å²) in [6, 6.07) is 0. The third kappa shape index (κ3) is 2.25. The lowest BCUT2D eigenvalue weighted by atomic mass is 10.2. The Hall–Kier alpha value is -0.0500. The van der Waals surface area contributed by atoms with Crippen LogP contribution in [0.5, 0.6) is 0 Å². The van der Waals surface area contributed by atoms with Gasteiger partial charge in [-0.05, 0) is 18.4 Å². The maximum Gasteiger partial charge on any atom is 0.0707 e. The molecule has 0 radical (unpaired) electrons. The van der Waals surface area contributed by atoms with Gasteiger partial charge in [-0.3, -0.25) is 4.90 Å². The van der Waals surface area contributed by atoms with Gasteiger partial charge in [-0.1, -0.05) is 6.58 Å². The molecule has 0 spiro atoms. The SMILES string of the molecule is C=C(CCl)CN1CC2CCC(C1)O2. The molecular weight excluding hydrogens is 186 g/mol. The van der Waals surface area contributed by atoms with E-state index in [1.165, 1.54) is 12.8 Å². The molecule has 2 bridgehead atoms. The van der Waals surface area contributed by atoms with Gasteiger partial charge in [0, 0.05) is 25.5 Å². The molecule has 3 heteroatoms. The maximum absolute atomic E-state index is 5.74. The predicted octanol–water partition coefficient (Wildman–Crippen LogP) is 1.64. The van der Waals surface area contributed by atoms with E-state index in [0.717, 1.165) is 25.2 Å². The van der Waals surface area contributed by atoms with E-state index in [2.05, 4.69) is 11.5 Å². The second-order valence-electron chi connectivity index (χ2n) is 4.04. The number of nitrogens with zero attached hydrogens (tertiary/aromatic N) is 1. The molecule has 2 nitrogen and oxygen atoms in total. The second kappa shape index (κ2) is 3.99. The van der Waals surface area contributed by atoms with Gasteiger partial charge in [-0.15, -0.1) is 11.6 Å². The Morgan fingerprint density at radius 1 is 1.38 bits per heavy atom. The van der Waals surface area contributed by atoms with Crippen LogP contribution in [0.3, 0.4) is 0 Å². The summed E-state index contributed by atoms with van der Waals surface area (Å²) in [5.74, 6) is 0.576. The van der Waals surface area contributed by atoms with Crippen molar-refractivity contribution in [2.24, 2.45) is 0 Å². The molecule has 2 atom stereocenters. The third-order valence-corrected chi connectivity index (χ3v) is 3.13. The summed E-state index contributed by atoms with van der Waals surface area (Å²) in [5, 5.41) is 0. The Morgan fingerprint density at radius 3 is 2.54 bits per heavy atom. The summed E-state index contributed by atoms with van der Waals surface area (Å²) < 4.78 is 5.74. The lowest BCUT2D eigenvalue weighted by Gasteiger charge is -2.32. The highest BCUT2D eigenvalue weighted by molar-refractivity contribution is 6.19. The van der Waals surface area contributed by atoms with Crippen LogP contribution in [-0.2, 0) is 4.74 Å². The second-order valence-corrected chi connectivity index (χ2v) is 4.30. The molecule has 2 aliphatic rings. The zero-order chi connectivity index (χ0) is 9.26. The molecule has 74 valence electrons. The van der Waals surface area contributed by atoms with Crippen LogP contribution >= 0.6 is 11.6 Å². The van der Waals surface area contributed by atoms with Crippen molar-refractivity contribution in [2.75, 3.05) is 25.5 Å². The van der Waals surface area contributed by atoms with Crippen molar-refractivity contribution in [1.29, 1.82) is 0 Å². The number of rotatable bonds is 3. The smallest absolute Gasteiger partial charge is 0.0707 e. The first-order valence-corrected chi connectivity index (χ1v) is 5.42. The van der Waals surface area contributed by atoms with Crippen LogP contribution in [0.25, 0.3) is 0 Å². The molecule has 0 N–H and O–H groups in total. The summed E-state index contributed by atoms with van der Waals surface area (Å²) in [6.45, 7) is 6.99. The van der Waals surface area contributed by atoms with Crippen LogP contribution in [0, 0.1) is 0 Å². The summed E-state index contributed by atoms with van der Waals surface area (Å²) >= 11 is 5.70. The first-order valence-electron chi connectivity index (χ1n) is 4.88. The zero-order valence-corrected chi connectivity index (χ0v) is 8.59. The number of hydrogen-bond acceptors (Lipinski definition) is 2. The fraction of sp³-hybridized carbons (Fsp3) is 0.800. The molecule has 0 aromatic rings. The van der Waals surface area contributed by atoms with Crippen LogP contribution in [0.15, 0.2) is 12.2 Å². The fourth-order valence-electron chi connectivity index (χ4n) is 2.19. The molecule has 0 saturated carbocycles. The molecule has 2 saturated heterocycles. The molecule has 0 amide bonds. The van der Waals surface area contributed by atoms with Crippen LogP contribution in [0.1, 0.15) is 12.8 Å². The quantitative estimate of drug-likeness (QED) is 0.509. The Bertz CT molecular complexity index is 195. The lowest BCUT2D eigenvalue weighted by Crippen LogP contribution is -2.43. The minimum absolute atomic E-state index is 0.474. The van der Waals surface area contributed by atoms with E-state index in [4.69, 9.17) is 16.3 Å². The average Bonchev–Trinajstić information content (AvgIpc) is 2.46. The standard InChI is InChI=1S/C10H16ClNO/c1-8(4-11)5-12-6-9-2-3-10(7-12)13-9/h9-10H,1-7H2. The number of ether oxygens (including phenoxy) is 1. The summed E-state index contributed by atoms with van der Waals surface area (Å²) in [5.41, 5.74) is 1.11. The van der Waals surface area contributed by atoms with Gasteiger partial charge in [0.25, 0.3) is 0 Å². The highest BCUT2D eigenvalue weighted by atomic mass is 35.5. The first-order chi connectivity index (χ1) is 6.28. The molecule has 2 fully saturated rings. The van der Waals surface area contributed by atoms with Gasteiger partial charge < -0.3 is 4.74 Å². The number of fused-ring (bicyclic) bond motifs is 2. The van der Waals surface area contributed by atoms with E-state index >= 15 is 0 Å². The molecule has 2 heterocycles. The normalized spacial score (nSPS) is 33.6. The van der Waals surface area contributed by atoms with Crippen molar-refractivity contribution in [2.45, 2.75) is 25.0 Å². The van der Waals surface area contributed by atoms with E-state index in [0.29, 0.717) is 18.1 Å². The van der Waals surface area contributed by atoms with Gasteiger partial charge in [0.15, 0.2) is 0 Å². The Balaban J connectivity index is 1.85. The van der Waals surface area contributed by atoms with Crippen LogP contribution in [0.2, 0.25) is 0 Å². The van der Waals surface area contributed by atoms with Gasteiger partial charge in [-0.2, -0.15) is 0 Å². The van der Waals surface area contributed by atoms with E-state index in [1.807, 2.05) is 0 Å². The van der Waals surface area contributed by atoms with Crippen LogP contribution in [0.4, 0.5) is 0 Å². The number of likely N-dealkylation sites (tertiary alicyclic amines) is 1. The average molecular weight is 202 g/mol. The topological polar surface area (TPSA) is 12.5 Å². The zero-order valence-electron chi connectivity index (χ0n) is 7.84. The summed E-state index contributed by atoms with van der Waals surface area (Å²) in [6.07, 6.45) is 3.41. The van der Waals surface area contributed by atoms with Gasteiger partial charge in [0.1, 0.15) is 0 Å². The van der Waals surface area contributed by atoms with Crippen molar-refractivity contribution < 1.29 is 4.74 Å². The minimum Gasteiger partial charge on any atom is -0.372 e. The van der Waals surface area contributed by atoms with Crippen molar-refractivity contribution >= 4 is 11.6 Å². The maximum atomic E-state index is 5.74. The molecule has 0 aliphatic carbocycles. The Kier molecular flexibility index (Phi) is 2.92. The summed E-state index contributed by atoms with van der Waals surface area (Å²) in [7, 11) is 0. The molecule has 0 aromatic heterocycles. The van der Waals surface area contributed by atoms with Crippen LogP contribution in [-0.4, -0.2) is 42.6 Å². The van der Waals surface area contributed by atoms with Gasteiger partial charge in [0.05, 0.1) is 12.2 Å². The van der Waals surface area contributed by atoms with Gasteiger partial charge in [-0.25, -0.2) is 0 Å². The number of morpholine rings is 1. The highest BCUT2D eigenvalue weighted by Crippen LogP contribution is 2.26. The van der Waals surface area contributed by atoms with E-state index in [9.17, 15) is 0 Å². The molecule has 0 aromatic carbocycles. The Labute approximate surface area is 84.5 Å². The van der Waals surface area contributed by atoms with Crippen LogP contribution < -0.4 is 0 Å².